The average Bonchev–Trinajstić information content (AvgIpc) is 3.06. The molecule has 4 heterocycles. The summed E-state index contributed by atoms with van der Waals surface area (Å²) in [4.78, 5) is 53.2. The van der Waals surface area contributed by atoms with Crippen LogP contribution < -0.4 is 10.9 Å². The standard InChI is InChI=1S/C24H25FN4O4/c25-18-6-4-15(5-7-18)8-9-28-23(32)19(26-24(28)33)11-22(31)27-12-16-10-17(14-27)20-2-1-3-21(30)29(20)13-16/h1-7,16-17,19H,8-14H2,(H,26,33)/t16-,17+,19-/m1/s1. The number of imide groups is 1. The van der Waals surface area contributed by atoms with Gasteiger partial charge in [0.25, 0.3) is 11.5 Å². The molecule has 5 rings (SSSR count). The summed E-state index contributed by atoms with van der Waals surface area (Å²) in [7, 11) is 0. The normalized spacial score (nSPS) is 24.0. The third-order valence-electron chi connectivity index (χ3n) is 6.86. The lowest BCUT2D eigenvalue weighted by molar-refractivity contribution is -0.137. The zero-order valence-corrected chi connectivity index (χ0v) is 18.1. The highest BCUT2D eigenvalue weighted by molar-refractivity contribution is 6.05. The topological polar surface area (TPSA) is 91.7 Å². The zero-order chi connectivity index (χ0) is 23.1. The molecule has 1 aromatic carbocycles. The minimum Gasteiger partial charge on any atom is -0.342 e. The molecule has 1 aromatic heterocycles. The molecule has 2 saturated heterocycles. The van der Waals surface area contributed by atoms with Crippen molar-refractivity contribution in [1.82, 2.24) is 19.7 Å². The van der Waals surface area contributed by atoms with Gasteiger partial charge < -0.3 is 14.8 Å². The Bertz CT molecular complexity index is 1160. The number of carbonyl (C=O) groups is 3. The van der Waals surface area contributed by atoms with E-state index in [4.69, 9.17) is 0 Å². The van der Waals surface area contributed by atoms with Crippen LogP contribution in [0.3, 0.4) is 0 Å². The molecule has 8 nitrogen and oxygen atoms in total. The fourth-order valence-corrected chi connectivity index (χ4v) is 5.22. The minimum atomic E-state index is -0.880. The van der Waals surface area contributed by atoms with Crippen LogP contribution in [0.4, 0.5) is 9.18 Å². The van der Waals surface area contributed by atoms with Crippen molar-refractivity contribution in [2.45, 2.75) is 37.8 Å². The number of amides is 4. The van der Waals surface area contributed by atoms with Crippen LogP contribution in [-0.4, -0.2) is 57.9 Å². The van der Waals surface area contributed by atoms with E-state index in [1.807, 2.05) is 6.07 Å². The first-order chi connectivity index (χ1) is 15.9. The summed E-state index contributed by atoms with van der Waals surface area (Å²) in [5.74, 6) is -0.637. The molecule has 3 aliphatic heterocycles. The van der Waals surface area contributed by atoms with E-state index < -0.39 is 18.0 Å². The van der Waals surface area contributed by atoms with Gasteiger partial charge in [-0.25, -0.2) is 9.18 Å². The number of hydrogen-bond acceptors (Lipinski definition) is 4. The second kappa shape index (κ2) is 8.46. The average molecular weight is 452 g/mol. The van der Waals surface area contributed by atoms with Gasteiger partial charge in [0.15, 0.2) is 0 Å². The van der Waals surface area contributed by atoms with Gasteiger partial charge in [0.2, 0.25) is 5.91 Å². The minimum absolute atomic E-state index is 0.0121. The number of rotatable bonds is 5. The third kappa shape index (κ3) is 4.15. The Labute approximate surface area is 190 Å². The second-order valence-electron chi connectivity index (χ2n) is 9.07. The number of urea groups is 1. The second-order valence-corrected chi connectivity index (χ2v) is 9.07. The smallest absolute Gasteiger partial charge is 0.324 e. The Balaban J connectivity index is 1.20. The number of halogens is 1. The van der Waals surface area contributed by atoms with Gasteiger partial charge >= 0.3 is 6.03 Å². The SMILES string of the molecule is O=C(C[C@H]1NC(=O)N(CCc2ccc(F)cc2)C1=O)N1C[C@H]2C[C@@H](C1)c1cccc(=O)n1C2. The first-order valence-corrected chi connectivity index (χ1v) is 11.2. The monoisotopic (exact) mass is 452 g/mol. The third-order valence-corrected chi connectivity index (χ3v) is 6.86. The van der Waals surface area contributed by atoms with Crippen molar-refractivity contribution in [2.24, 2.45) is 5.92 Å². The molecular weight excluding hydrogens is 427 g/mol. The van der Waals surface area contributed by atoms with Crippen LogP contribution in [0.25, 0.3) is 0 Å². The molecule has 2 aromatic rings. The molecule has 0 spiro atoms. The maximum absolute atomic E-state index is 13.1. The highest BCUT2D eigenvalue weighted by atomic mass is 19.1. The lowest BCUT2D eigenvalue weighted by atomic mass is 9.83. The van der Waals surface area contributed by atoms with E-state index in [1.165, 1.54) is 12.1 Å². The molecule has 1 N–H and O–H groups in total. The number of fused-ring (bicyclic) bond motifs is 4. The lowest BCUT2D eigenvalue weighted by Crippen LogP contribution is -2.50. The molecule has 3 atom stereocenters. The van der Waals surface area contributed by atoms with Crippen LogP contribution in [0.5, 0.6) is 0 Å². The highest BCUT2D eigenvalue weighted by Gasteiger charge is 2.41. The number of carbonyl (C=O) groups excluding carboxylic acids is 3. The fourth-order valence-electron chi connectivity index (χ4n) is 5.22. The molecule has 172 valence electrons. The van der Waals surface area contributed by atoms with Crippen LogP contribution >= 0.6 is 0 Å². The molecule has 4 amide bonds. The Kier molecular flexibility index (Phi) is 5.47. The van der Waals surface area contributed by atoms with E-state index >= 15 is 0 Å². The van der Waals surface area contributed by atoms with Crippen LogP contribution in [0.15, 0.2) is 47.3 Å². The Hall–Kier alpha value is -3.49. The molecule has 0 saturated carbocycles. The van der Waals surface area contributed by atoms with Crippen molar-refractivity contribution in [1.29, 1.82) is 0 Å². The predicted molar refractivity (Wildman–Crippen MR) is 117 cm³/mol. The highest BCUT2D eigenvalue weighted by Crippen LogP contribution is 2.35. The van der Waals surface area contributed by atoms with Gasteiger partial charge in [-0.05, 0) is 42.5 Å². The first kappa shape index (κ1) is 21.4. The van der Waals surface area contributed by atoms with Crippen LogP contribution in [0.2, 0.25) is 0 Å². The molecule has 0 radical (unpaired) electrons. The van der Waals surface area contributed by atoms with Gasteiger partial charge in [-0.3, -0.25) is 19.3 Å². The summed E-state index contributed by atoms with van der Waals surface area (Å²) in [6.45, 7) is 1.80. The number of nitrogens with one attached hydrogen (secondary N) is 1. The Morgan fingerprint density at radius 2 is 1.82 bits per heavy atom. The molecule has 0 aliphatic carbocycles. The summed E-state index contributed by atoms with van der Waals surface area (Å²) in [5.41, 5.74) is 1.76. The number of nitrogens with zero attached hydrogens (tertiary/aromatic N) is 3. The lowest BCUT2D eigenvalue weighted by Gasteiger charge is -2.43. The molecular formula is C24H25FN4O4. The fraction of sp³-hybridized carbons (Fsp3) is 0.417. The van der Waals surface area contributed by atoms with E-state index in [2.05, 4.69) is 5.32 Å². The number of pyridine rings is 1. The maximum atomic E-state index is 13.1. The summed E-state index contributed by atoms with van der Waals surface area (Å²) >= 11 is 0. The van der Waals surface area contributed by atoms with E-state index in [1.54, 1.807) is 33.7 Å². The van der Waals surface area contributed by atoms with Crippen molar-refractivity contribution in [3.63, 3.8) is 0 Å². The van der Waals surface area contributed by atoms with Gasteiger partial charge in [-0.1, -0.05) is 18.2 Å². The number of likely N-dealkylation sites (tertiary alicyclic amines) is 1. The van der Waals surface area contributed by atoms with Gasteiger partial charge in [0.1, 0.15) is 11.9 Å². The molecule has 33 heavy (non-hydrogen) atoms. The number of benzene rings is 1. The molecule has 3 aliphatic rings. The van der Waals surface area contributed by atoms with Gasteiger partial charge in [-0.2, -0.15) is 0 Å². The van der Waals surface area contributed by atoms with E-state index in [-0.39, 0.29) is 42.1 Å². The summed E-state index contributed by atoms with van der Waals surface area (Å²) in [6.07, 6.45) is 1.26. The molecule has 0 unspecified atom stereocenters. The quantitative estimate of drug-likeness (QED) is 0.696. The maximum Gasteiger partial charge on any atom is 0.324 e. The number of hydrogen-bond donors (Lipinski definition) is 1. The van der Waals surface area contributed by atoms with Crippen LogP contribution in [0.1, 0.15) is 30.0 Å². The number of piperidine rings is 1. The van der Waals surface area contributed by atoms with Crippen LogP contribution in [0, 0.1) is 11.7 Å². The van der Waals surface area contributed by atoms with Crippen molar-refractivity contribution in [3.05, 3.63) is 69.9 Å². The van der Waals surface area contributed by atoms with E-state index in [0.29, 0.717) is 26.1 Å². The Morgan fingerprint density at radius 1 is 1.03 bits per heavy atom. The summed E-state index contributed by atoms with van der Waals surface area (Å²) < 4.78 is 14.9. The van der Waals surface area contributed by atoms with Crippen molar-refractivity contribution < 1.29 is 18.8 Å². The zero-order valence-electron chi connectivity index (χ0n) is 18.1. The van der Waals surface area contributed by atoms with Crippen molar-refractivity contribution in [3.8, 4) is 0 Å². The first-order valence-electron chi connectivity index (χ1n) is 11.2. The largest absolute Gasteiger partial charge is 0.342 e. The van der Waals surface area contributed by atoms with Crippen molar-refractivity contribution >= 4 is 17.8 Å². The van der Waals surface area contributed by atoms with Crippen LogP contribution in [-0.2, 0) is 22.6 Å². The van der Waals surface area contributed by atoms with Gasteiger partial charge in [0.05, 0.1) is 6.42 Å². The van der Waals surface area contributed by atoms with Crippen molar-refractivity contribution in [2.75, 3.05) is 19.6 Å². The molecule has 2 bridgehead atoms. The number of aromatic nitrogens is 1. The van der Waals surface area contributed by atoms with E-state index in [9.17, 15) is 23.6 Å². The predicted octanol–water partition coefficient (Wildman–Crippen LogP) is 1.49. The Morgan fingerprint density at radius 3 is 2.61 bits per heavy atom. The summed E-state index contributed by atoms with van der Waals surface area (Å²) in [5, 5.41) is 2.63. The molecule has 2 fully saturated rings. The summed E-state index contributed by atoms with van der Waals surface area (Å²) in [6, 6.07) is 9.78. The van der Waals surface area contributed by atoms with Gasteiger partial charge in [-0.15, -0.1) is 0 Å². The van der Waals surface area contributed by atoms with Gasteiger partial charge in [0, 0.05) is 43.9 Å². The molecule has 9 heteroatoms. The van der Waals surface area contributed by atoms with E-state index in [0.717, 1.165) is 22.6 Å².